The van der Waals surface area contributed by atoms with E-state index in [2.05, 4.69) is 0 Å². The fourth-order valence-corrected chi connectivity index (χ4v) is 3.08. The second-order valence-corrected chi connectivity index (χ2v) is 4.78. The molecule has 2 saturated carbocycles. The first-order valence-corrected chi connectivity index (χ1v) is 5.07. The van der Waals surface area contributed by atoms with E-state index in [-0.39, 0.29) is 11.8 Å². The molecule has 3 nitrogen and oxygen atoms in total. The molecule has 2 unspecified atom stereocenters. The number of fused-ring (bicyclic) bond motifs is 1. The van der Waals surface area contributed by atoms with Crippen molar-refractivity contribution >= 4 is 5.97 Å². The highest BCUT2D eigenvalue weighted by Gasteiger charge is 2.49. The van der Waals surface area contributed by atoms with Gasteiger partial charge in [0.1, 0.15) is 0 Å². The SMILES string of the molecule is NCC1(CC(=O)O)CC2CC[C@H]2C1. The van der Waals surface area contributed by atoms with Crippen LogP contribution in [0.1, 0.15) is 32.1 Å². The van der Waals surface area contributed by atoms with Crippen LogP contribution >= 0.6 is 0 Å². The molecule has 2 rings (SSSR count). The Balaban J connectivity index is 2.03. The molecule has 0 bridgehead atoms. The number of rotatable bonds is 3. The average Bonchev–Trinajstić information content (AvgIpc) is 2.28. The van der Waals surface area contributed by atoms with Crippen LogP contribution in [0, 0.1) is 17.3 Å². The molecule has 2 aliphatic carbocycles. The maximum atomic E-state index is 10.7. The van der Waals surface area contributed by atoms with Crippen LogP contribution in [-0.4, -0.2) is 17.6 Å². The van der Waals surface area contributed by atoms with Gasteiger partial charge in [-0.2, -0.15) is 0 Å². The Labute approximate surface area is 78.3 Å². The second kappa shape index (κ2) is 2.98. The number of carbonyl (C=O) groups is 1. The Morgan fingerprint density at radius 1 is 1.38 bits per heavy atom. The summed E-state index contributed by atoms with van der Waals surface area (Å²) in [6.07, 6.45) is 4.98. The number of nitrogens with two attached hydrogens (primary N) is 1. The molecule has 0 saturated heterocycles. The third-order valence-corrected chi connectivity index (χ3v) is 3.92. The first-order chi connectivity index (χ1) is 6.15. The van der Waals surface area contributed by atoms with Gasteiger partial charge in [-0.1, -0.05) is 0 Å². The van der Waals surface area contributed by atoms with Gasteiger partial charge in [-0.25, -0.2) is 0 Å². The predicted molar refractivity (Wildman–Crippen MR) is 49.2 cm³/mol. The molecule has 13 heavy (non-hydrogen) atoms. The van der Waals surface area contributed by atoms with Crippen molar-refractivity contribution in [3.05, 3.63) is 0 Å². The summed E-state index contributed by atoms with van der Waals surface area (Å²) in [5.74, 6) is 0.901. The van der Waals surface area contributed by atoms with Crippen molar-refractivity contribution in [2.24, 2.45) is 23.0 Å². The third kappa shape index (κ3) is 1.46. The van der Waals surface area contributed by atoms with Crippen molar-refractivity contribution in [1.29, 1.82) is 0 Å². The van der Waals surface area contributed by atoms with Crippen LogP contribution in [0.15, 0.2) is 0 Å². The molecule has 0 aromatic carbocycles. The Hall–Kier alpha value is -0.570. The lowest BCUT2D eigenvalue weighted by Gasteiger charge is -2.29. The first kappa shape index (κ1) is 9.00. The van der Waals surface area contributed by atoms with E-state index in [0.717, 1.165) is 24.7 Å². The monoisotopic (exact) mass is 183 g/mol. The summed E-state index contributed by atoms with van der Waals surface area (Å²) < 4.78 is 0. The molecule has 0 aromatic heterocycles. The van der Waals surface area contributed by atoms with Crippen molar-refractivity contribution in [3.8, 4) is 0 Å². The normalized spacial score (nSPS) is 42.5. The Kier molecular flexibility index (Phi) is 2.06. The zero-order chi connectivity index (χ0) is 9.47. The van der Waals surface area contributed by atoms with Crippen LogP contribution in [0.25, 0.3) is 0 Å². The van der Waals surface area contributed by atoms with Gasteiger partial charge in [-0.3, -0.25) is 4.79 Å². The molecule has 0 aliphatic heterocycles. The van der Waals surface area contributed by atoms with Crippen molar-refractivity contribution in [3.63, 3.8) is 0 Å². The van der Waals surface area contributed by atoms with Gasteiger partial charge in [0.25, 0.3) is 0 Å². The summed E-state index contributed by atoms with van der Waals surface area (Å²) in [5.41, 5.74) is 5.65. The summed E-state index contributed by atoms with van der Waals surface area (Å²) >= 11 is 0. The van der Waals surface area contributed by atoms with Crippen LogP contribution in [0.3, 0.4) is 0 Å². The Morgan fingerprint density at radius 3 is 2.23 bits per heavy atom. The molecule has 0 spiro atoms. The van der Waals surface area contributed by atoms with Crippen LogP contribution in [-0.2, 0) is 4.79 Å². The molecule has 0 radical (unpaired) electrons. The minimum absolute atomic E-state index is 0.0579. The van der Waals surface area contributed by atoms with Gasteiger partial charge >= 0.3 is 5.97 Å². The van der Waals surface area contributed by atoms with Crippen LogP contribution in [0.5, 0.6) is 0 Å². The fraction of sp³-hybridized carbons (Fsp3) is 0.900. The van der Waals surface area contributed by atoms with Crippen molar-refractivity contribution in [2.75, 3.05) is 6.54 Å². The van der Waals surface area contributed by atoms with Crippen LogP contribution in [0.4, 0.5) is 0 Å². The largest absolute Gasteiger partial charge is 0.481 e. The molecule has 74 valence electrons. The van der Waals surface area contributed by atoms with E-state index in [0.29, 0.717) is 6.54 Å². The van der Waals surface area contributed by atoms with E-state index in [1.54, 1.807) is 0 Å². The highest BCUT2D eigenvalue weighted by atomic mass is 16.4. The molecule has 3 heteroatoms. The zero-order valence-electron chi connectivity index (χ0n) is 7.83. The minimum atomic E-state index is -0.688. The van der Waals surface area contributed by atoms with Gasteiger partial charge in [-0.05, 0) is 49.5 Å². The van der Waals surface area contributed by atoms with Gasteiger partial charge < -0.3 is 10.8 Å². The van der Waals surface area contributed by atoms with E-state index < -0.39 is 5.97 Å². The molecule has 0 aromatic rings. The zero-order valence-corrected chi connectivity index (χ0v) is 7.83. The van der Waals surface area contributed by atoms with E-state index in [1.807, 2.05) is 0 Å². The molecule has 2 fully saturated rings. The lowest BCUT2D eigenvalue weighted by molar-refractivity contribution is -0.139. The van der Waals surface area contributed by atoms with Crippen LogP contribution < -0.4 is 5.73 Å². The summed E-state index contributed by atoms with van der Waals surface area (Å²) in [4.78, 5) is 10.7. The van der Waals surface area contributed by atoms with Crippen molar-refractivity contribution in [2.45, 2.75) is 32.1 Å². The summed E-state index contributed by atoms with van der Waals surface area (Å²) in [6.45, 7) is 0.548. The van der Waals surface area contributed by atoms with E-state index in [9.17, 15) is 4.79 Å². The molecular formula is C10H17NO2. The predicted octanol–water partition coefficient (Wildman–Crippen LogP) is 1.23. The van der Waals surface area contributed by atoms with Crippen molar-refractivity contribution < 1.29 is 9.90 Å². The second-order valence-electron chi connectivity index (χ2n) is 4.78. The number of carboxylic acid groups (broad SMARTS) is 1. The lowest BCUT2D eigenvalue weighted by atomic mass is 9.77. The van der Waals surface area contributed by atoms with E-state index in [4.69, 9.17) is 10.8 Å². The quantitative estimate of drug-likeness (QED) is 0.691. The highest BCUT2D eigenvalue weighted by molar-refractivity contribution is 5.67. The minimum Gasteiger partial charge on any atom is -0.481 e. The lowest BCUT2D eigenvalue weighted by Crippen LogP contribution is -2.30. The summed E-state index contributed by atoms with van der Waals surface area (Å²) in [7, 11) is 0. The summed E-state index contributed by atoms with van der Waals surface area (Å²) in [6, 6.07) is 0. The van der Waals surface area contributed by atoms with Crippen LogP contribution in [0.2, 0.25) is 0 Å². The van der Waals surface area contributed by atoms with E-state index in [1.165, 1.54) is 12.8 Å². The van der Waals surface area contributed by atoms with Gasteiger partial charge in [0.15, 0.2) is 0 Å². The topological polar surface area (TPSA) is 63.3 Å². The van der Waals surface area contributed by atoms with Gasteiger partial charge in [0.05, 0.1) is 6.42 Å². The molecule has 0 amide bonds. The third-order valence-electron chi connectivity index (χ3n) is 3.92. The molecular weight excluding hydrogens is 166 g/mol. The molecule has 3 N–H and O–H groups in total. The van der Waals surface area contributed by atoms with Gasteiger partial charge in [0, 0.05) is 0 Å². The van der Waals surface area contributed by atoms with Gasteiger partial charge in [-0.15, -0.1) is 0 Å². The number of hydrogen-bond acceptors (Lipinski definition) is 2. The maximum absolute atomic E-state index is 10.7. The van der Waals surface area contributed by atoms with Gasteiger partial charge in [0.2, 0.25) is 0 Å². The molecule has 3 atom stereocenters. The molecule has 2 aliphatic rings. The maximum Gasteiger partial charge on any atom is 0.303 e. The van der Waals surface area contributed by atoms with E-state index >= 15 is 0 Å². The fourth-order valence-electron chi connectivity index (χ4n) is 3.08. The number of carboxylic acids is 1. The number of aliphatic carboxylic acids is 1. The van der Waals surface area contributed by atoms with Crippen molar-refractivity contribution in [1.82, 2.24) is 0 Å². The average molecular weight is 183 g/mol. The first-order valence-electron chi connectivity index (χ1n) is 5.07. The standard InChI is InChI=1S/C10H17NO2/c11-6-10(5-9(12)13)3-7-1-2-8(7)4-10/h7-8H,1-6,11H2,(H,12,13)/t7-,8?,10?/m0/s1. The smallest absolute Gasteiger partial charge is 0.303 e. The summed E-state index contributed by atoms with van der Waals surface area (Å²) in [5, 5.41) is 8.81. The highest BCUT2D eigenvalue weighted by Crippen LogP contribution is 2.56. The Bertz CT molecular complexity index is 215. The Morgan fingerprint density at radius 2 is 1.92 bits per heavy atom. The molecule has 0 heterocycles. The number of hydrogen-bond donors (Lipinski definition) is 2.